The third-order valence-electron chi connectivity index (χ3n) is 4.54. The molecule has 1 atom stereocenters. The van der Waals surface area contributed by atoms with Gasteiger partial charge in [-0.05, 0) is 44.0 Å². The first-order valence-electron chi connectivity index (χ1n) is 8.35. The van der Waals surface area contributed by atoms with Gasteiger partial charge in [0.2, 0.25) is 0 Å². The van der Waals surface area contributed by atoms with Crippen molar-refractivity contribution in [3.05, 3.63) is 60.1 Å². The van der Waals surface area contributed by atoms with Gasteiger partial charge in [0, 0.05) is 25.7 Å². The predicted octanol–water partition coefficient (Wildman–Crippen LogP) is 3.06. The topological polar surface area (TPSA) is 36.7 Å². The Morgan fingerprint density at radius 3 is 2.70 bits per heavy atom. The van der Waals surface area contributed by atoms with Gasteiger partial charge in [-0.15, -0.1) is 0 Å². The molecule has 0 N–H and O–H groups in total. The molecule has 1 aliphatic rings. The maximum atomic E-state index is 12.3. The van der Waals surface area contributed by atoms with Crippen LogP contribution in [-0.4, -0.2) is 47.9 Å². The van der Waals surface area contributed by atoms with Crippen LogP contribution in [0.1, 0.15) is 29.5 Å². The third kappa shape index (κ3) is 4.02. The molecule has 0 bridgehead atoms. The lowest BCUT2D eigenvalue weighted by molar-refractivity contribution is 0.0485. The Morgan fingerprint density at radius 2 is 2.00 bits per heavy atom. The Morgan fingerprint density at radius 1 is 1.17 bits per heavy atom. The highest BCUT2D eigenvalue weighted by atomic mass is 16.3. The van der Waals surface area contributed by atoms with Crippen LogP contribution in [0.3, 0.4) is 0 Å². The molecule has 1 aromatic carbocycles. The molecule has 1 amide bonds. The normalized spacial score (nSPS) is 19.0. The van der Waals surface area contributed by atoms with Crippen LogP contribution in [0.25, 0.3) is 0 Å². The molecule has 2 heterocycles. The molecule has 1 aromatic heterocycles. The van der Waals surface area contributed by atoms with Gasteiger partial charge in [0.15, 0.2) is 5.76 Å². The molecule has 1 unspecified atom stereocenters. The van der Waals surface area contributed by atoms with Gasteiger partial charge in [-0.3, -0.25) is 9.69 Å². The van der Waals surface area contributed by atoms with Crippen LogP contribution >= 0.6 is 0 Å². The van der Waals surface area contributed by atoms with Crippen molar-refractivity contribution in [2.45, 2.75) is 25.8 Å². The average Bonchev–Trinajstić information content (AvgIpc) is 3.11. The smallest absolute Gasteiger partial charge is 0.289 e. The third-order valence-corrected chi connectivity index (χ3v) is 4.54. The van der Waals surface area contributed by atoms with Crippen molar-refractivity contribution in [3.8, 4) is 0 Å². The highest BCUT2D eigenvalue weighted by molar-refractivity contribution is 5.91. The van der Waals surface area contributed by atoms with Crippen LogP contribution in [0.2, 0.25) is 0 Å². The predicted molar refractivity (Wildman–Crippen MR) is 90.4 cm³/mol. The first-order valence-corrected chi connectivity index (χ1v) is 8.35. The minimum Gasteiger partial charge on any atom is -0.459 e. The van der Waals surface area contributed by atoms with Gasteiger partial charge in [-0.1, -0.05) is 30.3 Å². The molecular formula is C19H24N2O2. The fourth-order valence-electron chi connectivity index (χ4n) is 3.20. The fraction of sp³-hybridized carbons (Fsp3) is 0.421. The number of nitrogens with zero attached hydrogens (tertiary/aromatic N) is 2. The van der Waals surface area contributed by atoms with Crippen molar-refractivity contribution in [2.24, 2.45) is 0 Å². The summed E-state index contributed by atoms with van der Waals surface area (Å²) in [6.07, 6.45) is 3.82. The molecule has 4 heteroatoms. The number of aryl methyl sites for hydroxylation is 1. The molecule has 1 saturated heterocycles. The molecule has 0 radical (unpaired) electrons. The Balaban J connectivity index is 1.46. The molecule has 122 valence electrons. The van der Waals surface area contributed by atoms with Crippen molar-refractivity contribution in [1.82, 2.24) is 9.80 Å². The summed E-state index contributed by atoms with van der Waals surface area (Å²) >= 11 is 0. The number of amides is 1. The first kappa shape index (κ1) is 15.8. The lowest BCUT2D eigenvalue weighted by atomic mass is 10.1. The molecule has 0 saturated carbocycles. The molecule has 4 nitrogen and oxygen atoms in total. The molecule has 3 rings (SSSR count). The van der Waals surface area contributed by atoms with E-state index in [1.807, 2.05) is 4.90 Å². The monoisotopic (exact) mass is 312 g/mol. The SMILES string of the molecule is CC1CN(C(=O)c2ccco2)CCN1CCCc1ccccc1. The zero-order chi connectivity index (χ0) is 16.1. The number of rotatable bonds is 5. The van der Waals surface area contributed by atoms with E-state index in [4.69, 9.17) is 4.42 Å². The summed E-state index contributed by atoms with van der Waals surface area (Å²) in [5.74, 6) is 0.445. The summed E-state index contributed by atoms with van der Waals surface area (Å²) in [7, 11) is 0. The van der Waals surface area contributed by atoms with Crippen LogP contribution < -0.4 is 0 Å². The maximum absolute atomic E-state index is 12.3. The zero-order valence-electron chi connectivity index (χ0n) is 13.6. The number of piperazine rings is 1. The number of furan rings is 1. The van der Waals surface area contributed by atoms with E-state index in [0.717, 1.165) is 39.0 Å². The maximum Gasteiger partial charge on any atom is 0.289 e. The van der Waals surface area contributed by atoms with Crippen LogP contribution in [-0.2, 0) is 6.42 Å². The molecule has 2 aromatic rings. The number of carbonyl (C=O) groups is 1. The number of hydrogen-bond acceptors (Lipinski definition) is 3. The van der Waals surface area contributed by atoms with Gasteiger partial charge in [-0.2, -0.15) is 0 Å². The second-order valence-electron chi connectivity index (χ2n) is 6.20. The minimum absolute atomic E-state index is 0.00536. The second-order valence-corrected chi connectivity index (χ2v) is 6.20. The van der Waals surface area contributed by atoms with E-state index in [1.165, 1.54) is 5.56 Å². The Bertz CT molecular complexity index is 610. The van der Waals surface area contributed by atoms with Gasteiger partial charge >= 0.3 is 0 Å². The van der Waals surface area contributed by atoms with Crippen LogP contribution in [0.15, 0.2) is 53.1 Å². The van der Waals surface area contributed by atoms with E-state index in [0.29, 0.717) is 11.8 Å². The van der Waals surface area contributed by atoms with Gasteiger partial charge in [0.25, 0.3) is 5.91 Å². The number of hydrogen-bond donors (Lipinski definition) is 0. The van der Waals surface area contributed by atoms with Crippen molar-refractivity contribution < 1.29 is 9.21 Å². The van der Waals surface area contributed by atoms with Gasteiger partial charge in [0.05, 0.1) is 6.26 Å². The molecule has 0 spiro atoms. The fourth-order valence-corrected chi connectivity index (χ4v) is 3.20. The summed E-state index contributed by atoms with van der Waals surface area (Å²) in [5.41, 5.74) is 1.40. The largest absolute Gasteiger partial charge is 0.459 e. The number of carbonyl (C=O) groups excluding carboxylic acids is 1. The Labute approximate surface area is 137 Å². The van der Waals surface area contributed by atoms with E-state index in [9.17, 15) is 4.79 Å². The highest BCUT2D eigenvalue weighted by Crippen LogP contribution is 2.14. The van der Waals surface area contributed by atoms with Crippen molar-refractivity contribution in [2.75, 3.05) is 26.2 Å². The van der Waals surface area contributed by atoms with E-state index in [2.05, 4.69) is 42.2 Å². The highest BCUT2D eigenvalue weighted by Gasteiger charge is 2.27. The summed E-state index contributed by atoms with van der Waals surface area (Å²) in [5, 5.41) is 0. The zero-order valence-corrected chi connectivity index (χ0v) is 13.6. The van der Waals surface area contributed by atoms with Gasteiger partial charge < -0.3 is 9.32 Å². The lowest BCUT2D eigenvalue weighted by Crippen LogP contribution is -2.53. The Kier molecular flexibility index (Phi) is 5.13. The lowest BCUT2D eigenvalue weighted by Gasteiger charge is -2.39. The van der Waals surface area contributed by atoms with E-state index < -0.39 is 0 Å². The molecular weight excluding hydrogens is 288 g/mol. The summed E-state index contributed by atoms with van der Waals surface area (Å²) in [4.78, 5) is 16.7. The van der Waals surface area contributed by atoms with E-state index >= 15 is 0 Å². The van der Waals surface area contributed by atoms with E-state index in [1.54, 1.807) is 18.4 Å². The minimum atomic E-state index is 0.00536. The molecule has 1 aliphatic heterocycles. The van der Waals surface area contributed by atoms with Gasteiger partial charge in [0.1, 0.15) is 0 Å². The molecule has 0 aliphatic carbocycles. The molecule has 23 heavy (non-hydrogen) atoms. The summed E-state index contributed by atoms with van der Waals surface area (Å²) in [6, 6.07) is 14.5. The van der Waals surface area contributed by atoms with E-state index in [-0.39, 0.29) is 5.91 Å². The standard InChI is InChI=1S/C19H24N2O2/c1-16-15-21(19(22)18-10-6-14-23-18)13-12-20(16)11-5-9-17-7-3-2-4-8-17/h2-4,6-8,10,14,16H,5,9,11-13,15H2,1H3. The van der Waals surface area contributed by atoms with Crippen molar-refractivity contribution in [3.63, 3.8) is 0 Å². The summed E-state index contributed by atoms with van der Waals surface area (Å²) < 4.78 is 5.22. The van der Waals surface area contributed by atoms with Crippen LogP contribution in [0, 0.1) is 0 Å². The second kappa shape index (κ2) is 7.47. The van der Waals surface area contributed by atoms with Crippen molar-refractivity contribution >= 4 is 5.91 Å². The first-order chi connectivity index (χ1) is 11.2. The van der Waals surface area contributed by atoms with Crippen LogP contribution in [0.4, 0.5) is 0 Å². The Hall–Kier alpha value is -2.07. The average molecular weight is 312 g/mol. The quantitative estimate of drug-likeness (QED) is 0.851. The summed E-state index contributed by atoms with van der Waals surface area (Å²) in [6.45, 7) is 5.76. The van der Waals surface area contributed by atoms with Crippen LogP contribution in [0.5, 0.6) is 0 Å². The number of benzene rings is 1. The van der Waals surface area contributed by atoms with Gasteiger partial charge in [-0.25, -0.2) is 0 Å². The molecule has 1 fully saturated rings. The van der Waals surface area contributed by atoms with Crippen molar-refractivity contribution in [1.29, 1.82) is 0 Å².